The van der Waals surface area contributed by atoms with Gasteiger partial charge in [-0.25, -0.2) is 4.39 Å². The third kappa shape index (κ3) is 4.08. The van der Waals surface area contributed by atoms with E-state index in [9.17, 15) is 4.39 Å². The molecule has 0 saturated carbocycles. The molecule has 19 heavy (non-hydrogen) atoms. The van der Waals surface area contributed by atoms with E-state index in [1.807, 2.05) is 55.4 Å². The number of nitrogens with zero attached hydrogens (tertiary/aromatic N) is 1. The Labute approximate surface area is 118 Å². The highest BCUT2D eigenvalue weighted by molar-refractivity contribution is 7.98. The normalized spacial score (nSPS) is 10.9. The summed E-state index contributed by atoms with van der Waals surface area (Å²) in [5, 5.41) is 0. The van der Waals surface area contributed by atoms with E-state index in [0.717, 1.165) is 16.2 Å². The van der Waals surface area contributed by atoms with Gasteiger partial charge >= 0.3 is 0 Å². The predicted octanol–water partition coefficient (Wildman–Crippen LogP) is 4.18. The first-order chi connectivity index (χ1) is 9.16. The molecule has 0 saturated heterocycles. The van der Waals surface area contributed by atoms with Crippen LogP contribution in [0.15, 0.2) is 53.4 Å². The lowest BCUT2D eigenvalue weighted by molar-refractivity contribution is 0.390. The van der Waals surface area contributed by atoms with E-state index in [-0.39, 0.29) is 5.82 Å². The van der Waals surface area contributed by atoms with Crippen molar-refractivity contribution >= 4 is 11.8 Å². The van der Waals surface area contributed by atoms with E-state index >= 15 is 0 Å². The van der Waals surface area contributed by atoms with Gasteiger partial charge in [-0.05, 0) is 25.7 Å². The molecule has 0 aliphatic rings. The van der Waals surface area contributed by atoms with Gasteiger partial charge in [-0.1, -0.05) is 42.5 Å². The summed E-state index contributed by atoms with van der Waals surface area (Å²) in [5.74, 6) is 0.709. The molecule has 0 N–H and O–H groups in total. The molecule has 2 aromatic rings. The van der Waals surface area contributed by atoms with Crippen molar-refractivity contribution in [2.45, 2.75) is 17.2 Å². The van der Waals surface area contributed by atoms with Crippen LogP contribution in [0.2, 0.25) is 0 Å². The maximum absolute atomic E-state index is 14.3. The minimum atomic E-state index is -0.0860. The van der Waals surface area contributed by atoms with Gasteiger partial charge in [-0.15, -0.1) is 11.8 Å². The highest BCUT2D eigenvalue weighted by Gasteiger charge is 2.09. The van der Waals surface area contributed by atoms with Crippen LogP contribution in [-0.2, 0) is 12.3 Å². The first kappa shape index (κ1) is 14.1. The molecule has 0 atom stereocenters. The Bertz CT molecular complexity index is 526. The summed E-state index contributed by atoms with van der Waals surface area (Å²) in [4.78, 5) is 2.70. The highest BCUT2D eigenvalue weighted by Crippen LogP contribution is 2.27. The van der Waals surface area contributed by atoms with Crippen molar-refractivity contribution in [2.24, 2.45) is 0 Å². The summed E-state index contributed by atoms with van der Waals surface area (Å²) in [5.41, 5.74) is 1.97. The van der Waals surface area contributed by atoms with Crippen molar-refractivity contribution in [3.05, 3.63) is 65.5 Å². The van der Waals surface area contributed by atoms with Gasteiger partial charge in [-0.3, -0.25) is 0 Å². The minimum absolute atomic E-state index is 0.0860. The lowest BCUT2D eigenvalue weighted by atomic mass is 10.2. The Kier molecular flexibility index (Phi) is 5.00. The maximum Gasteiger partial charge on any atom is 0.141 e. The molecule has 0 aromatic heterocycles. The smallest absolute Gasteiger partial charge is 0.141 e. The van der Waals surface area contributed by atoms with Crippen molar-refractivity contribution in [3.8, 4) is 0 Å². The Morgan fingerprint density at radius 1 is 1.00 bits per heavy atom. The van der Waals surface area contributed by atoms with Gasteiger partial charge in [0, 0.05) is 22.8 Å². The van der Waals surface area contributed by atoms with Gasteiger partial charge in [0.1, 0.15) is 5.82 Å². The molecule has 0 aliphatic heterocycles. The molecule has 1 nitrogen and oxygen atoms in total. The molecule has 2 rings (SSSR count). The molecular formula is C16H18FNS. The number of rotatable bonds is 5. The van der Waals surface area contributed by atoms with Crippen LogP contribution in [0.4, 0.5) is 4.39 Å². The van der Waals surface area contributed by atoms with Crippen LogP contribution >= 0.6 is 11.8 Å². The molecule has 0 fully saturated rings. The van der Waals surface area contributed by atoms with Crippen LogP contribution in [0.25, 0.3) is 0 Å². The lowest BCUT2D eigenvalue weighted by Gasteiger charge is -2.12. The Morgan fingerprint density at radius 3 is 2.42 bits per heavy atom. The summed E-state index contributed by atoms with van der Waals surface area (Å²) >= 11 is 1.55. The monoisotopic (exact) mass is 275 g/mol. The van der Waals surface area contributed by atoms with Gasteiger partial charge in [-0.2, -0.15) is 0 Å². The Morgan fingerprint density at radius 2 is 1.74 bits per heavy atom. The second-order valence-electron chi connectivity index (χ2n) is 4.74. The zero-order chi connectivity index (χ0) is 13.7. The molecule has 0 bridgehead atoms. The molecule has 0 amide bonds. The van der Waals surface area contributed by atoms with Crippen LogP contribution in [-0.4, -0.2) is 19.0 Å². The van der Waals surface area contributed by atoms with Crippen LogP contribution in [0, 0.1) is 5.82 Å². The third-order valence-corrected chi connectivity index (χ3v) is 3.87. The summed E-state index contributed by atoms with van der Waals surface area (Å²) in [6, 6.07) is 15.8. The fourth-order valence-corrected chi connectivity index (χ4v) is 2.81. The average Bonchev–Trinajstić information content (AvgIpc) is 2.40. The predicted molar refractivity (Wildman–Crippen MR) is 79.8 cm³/mol. The molecule has 0 spiro atoms. The number of halogens is 1. The molecular weight excluding hydrogens is 257 g/mol. The van der Waals surface area contributed by atoms with Crippen molar-refractivity contribution in [1.82, 2.24) is 4.90 Å². The SMILES string of the molecule is CN(C)Cc1cccc(SCc2ccccc2)c1F. The van der Waals surface area contributed by atoms with Crippen LogP contribution in [0.5, 0.6) is 0 Å². The number of hydrogen-bond acceptors (Lipinski definition) is 2. The van der Waals surface area contributed by atoms with E-state index < -0.39 is 0 Å². The van der Waals surface area contributed by atoms with Gasteiger partial charge in [0.25, 0.3) is 0 Å². The molecule has 0 radical (unpaired) electrons. The van der Waals surface area contributed by atoms with Crippen LogP contribution < -0.4 is 0 Å². The minimum Gasteiger partial charge on any atom is -0.305 e. The quantitative estimate of drug-likeness (QED) is 0.753. The summed E-state index contributed by atoms with van der Waals surface area (Å²) in [6.07, 6.45) is 0. The largest absolute Gasteiger partial charge is 0.305 e. The first-order valence-corrected chi connectivity index (χ1v) is 7.24. The second kappa shape index (κ2) is 6.73. The molecule has 0 unspecified atom stereocenters. The molecule has 3 heteroatoms. The maximum atomic E-state index is 14.3. The van der Waals surface area contributed by atoms with E-state index in [1.165, 1.54) is 5.56 Å². The van der Waals surface area contributed by atoms with Crippen molar-refractivity contribution in [3.63, 3.8) is 0 Å². The Balaban J connectivity index is 2.08. The highest BCUT2D eigenvalue weighted by atomic mass is 32.2. The van der Waals surface area contributed by atoms with Gasteiger partial charge in [0.15, 0.2) is 0 Å². The van der Waals surface area contributed by atoms with Crippen LogP contribution in [0.3, 0.4) is 0 Å². The summed E-state index contributed by atoms with van der Waals surface area (Å²) < 4.78 is 14.3. The van der Waals surface area contributed by atoms with Gasteiger partial charge < -0.3 is 4.90 Å². The fourth-order valence-electron chi connectivity index (χ4n) is 1.87. The number of thioether (sulfide) groups is 1. The molecule has 0 aliphatic carbocycles. The summed E-state index contributed by atoms with van der Waals surface area (Å²) in [7, 11) is 3.90. The van der Waals surface area contributed by atoms with Gasteiger partial charge in [0.2, 0.25) is 0 Å². The fraction of sp³-hybridized carbons (Fsp3) is 0.250. The lowest BCUT2D eigenvalue weighted by Crippen LogP contribution is -2.12. The van der Waals surface area contributed by atoms with Crippen LogP contribution in [0.1, 0.15) is 11.1 Å². The van der Waals surface area contributed by atoms with E-state index in [2.05, 4.69) is 12.1 Å². The molecule has 100 valence electrons. The number of hydrogen-bond donors (Lipinski definition) is 0. The van der Waals surface area contributed by atoms with Crippen molar-refractivity contribution < 1.29 is 4.39 Å². The van der Waals surface area contributed by atoms with E-state index in [0.29, 0.717) is 6.54 Å². The Hall–Kier alpha value is -1.32. The second-order valence-corrected chi connectivity index (χ2v) is 5.76. The number of benzene rings is 2. The zero-order valence-corrected chi connectivity index (χ0v) is 12.1. The topological polar surface area (TPSA) is 3.24 Å². The summed E-state index contributed by atoms with van der Waals surface area (Å²) in [6.45, 7) is 0.631. The van der Waals surface area contributed by atoms with E-state index in [1.54, 1.807) is 11.8 Å². The van der Waals surface area contributed by atoms with Crippen molar-refractivity contribution in [2.75, 3.05) is 14.1 Å². The molecule has 2 aromatic carbocycles. The third-order valence-electron chi connectivity index (χ3n) is 2.77. The zero-order valence-electron chi connectivity index (χ0n) is 11.3. The van der Waals surface area contributed by atoms with Crippen molar-refractivity contribution in [1.29, 1.82) is 0 Å². The van der Waals surface area contributed by atoms with Gasteiger partial charge in [0.05, 0.1) is 0 Å². The van der Waals surface area contributed by atoms with E-state index in [4.69, 9.17) is 0 Å². The molecule has 0 heterocycles. The first-order valence-electron chi connectivity index (χ1n) is 6.25. The standard InChI is InChI=1S/C16H18FNS/c1-18(2)11-14-9-6-10-15(16(14)17)19-12-13-7-4-3-5-8-13/h3-10H,11-12H2,1-2H3. The average molecular weight is 275 g/mol.